The van der Waals surface area contributed by atoms with Crippen LogP contribution in [0.25, 0.3) is 0 Å². The van der Waals surface area contributed by atoms with Gasteiger partial charge in [-0.1, -0.05) is 18.5 Å². The van der Waals surface area contributed by atoms with Crippen LogP contribution in [0.15, 0.2) is 12.4 Å². The van der Waals surface area contributed by atoms with E-state index in [0.717, 1.165) is 0 Å². The van der Waals surface area contributed by atoms with E-state index < -0.39 is 5.97 Å². The smallest absolute Gasteiger partial charge is 0.306 e. The standard InChI is InChI=1S/C9H12ClN3O2/c1-6(9(14)15)2-3-12-8-5-11-4-7(10)13-8/h4-6H,2-3H2,1H3,(H,12,13)(H,14,15). The average Bonchev–Trinajstić information content (AvgIpc) is 2.17. The highest BCUT2D eigenvalue weighted by Crippen LogP contribution is 2.08. The summed E-state index contributed by atoms with van der Waals surface area (Å²) in [5.41, 5.74) is 0. The fourth-order valence-electron chi connectivity index (χ4n) is 0.968. The van der Waals surface area contributed by atoms with Crippen molar-refractivity contribution in [2.75, 3.05) is 11.9 Å². The van der Waals surface area contributed by atoms with Gasteiger partial charge < -0.3 is 10.4 Å². The summed E-state index contributed by atoms with van der Waals surface area (Å²) in [5, 5.41) is 11.9. The molecule has 0 fully saturated rings. The van der Waals surface area contributed by atoms with Crippen molar-refractivity contribution >= 4 is 23.4 Å². The second kappa shape index (κ2) is 5.50. The number of carboxylic acid groups (broad SMARTS) is 1. The SMILES string of the molecule is CC(CCNc1cncc(Cl)n1)C(=O)O. The largest absolute Gasteiger partial charge is 0.481 e. The molecule has 1 aromatic rings. The van der Waals surface area contributed by atoms with Crippen molar-refractivity contribution < 1.29 is 9.90 Å². The summed E-state index contributed by atoms with van der Waals surface area (Å²) in [6.45, 7) is 2.19. The highest BCUT2D eigenvalue weighted by atomic mass is 35.5. The molecule has 0 aliphatic carbocycles. The lowest BCUT2D eigenvalue weighted by molar-refractivity contribution is -0.141. The molecule has 0 aliphatic rings. The first-order valence-electron chi connectivity index (χ1n) is 4.54. The lowest BCUT2D eigenvalue weighted by atomic mass is 10.1. The molecule has 0 saturated heterocycles. The number of hydrogen-bond donors (Lipinski definition) is 2. The molecule has 15 heavy (non-hydrogen) atoms. The summed E-state index contributed by atoms with van der Waals surface area (Å²) < 4.78 is 0. The average molecular weight is 230 g/mol. The van der Waals surface area contributed by atoms with Gasteiger partial charge in [0.2, 0.25) is 0 Å². The molecule has 5 nitrogen and oxygen atoms in total. The van der Waals surface area contributed by atoms with E-state index in [1.54, 1.807) is 6.92 Å². The van der Waals surface area contributed by atoms with Crippen LogP contribution in [0.2, 0.25) is 5.15 Å². The van der Waals surface area contributed by atoms with Crippen LogP contribution in [0.1, 0.15) is 13.3 Å². The summed E-state index contributed by atoms with van der Waals surface area (Å²) in [7, 11) is 0. The van der Waals surface area contributed by atoms with Gasteiger partial charge in [-0.05, 0) is 6.42 Å². The number of nitrogens with zero attached hydrogens (tertiary/aromatic N) is 2. The van der Waals surface area contributed by atoms with Crippen molar-refractivity contribution in [2.24, 2.45) is 5.92 Å². The summed E-state index contributed by atoms with van der Waals surface area (Å²) in [6.07, 6.45) is 3.51. The molecule has 0 radical (unpaired) electrons. The second-order valence-electron chi connectivity index (χ2n) is 3.18. The lowest BCUT2D eigenvalue weighted by Crippen LogP contribution is -2.14. The molecule has 1 heterocycles. The Bertz CT molecular complexity index is 346. The number of aliphatic carboxylic acids is 1. The van der Waals surface area contributed by atoms with Crippen molar-refractivity contribution in [3.8, 4) is 0 Å². The maximum Gasteiger partial charge on any atom is 0.306 e. The molecule has 0 spiro atoms. The summed E-state index contributed by atoms with van der Waals surface area (Å²) in [6, 6.07) is 0. The predicted octanol–water partition coefficient (Wildman–Crippen LogP) is 1.65. The van der Waals surface area contributed by atoms with Crippen LogP contribution in [0.5, 0.6) is 0 Å². The number of anilines is 1. The molecule has 1 aromatic heterocycles. The zero-order valence-electron chi connectivity index (χ0n) is 8.27. The molecule has 1 unspecified atom stereocenters. The molecule has 0 aliphatic heterocycles. The Morgan fingerprint density at radius 3 is 3.00 bits per heavy atom. The van der Waals surface area contributed by atoms with E-state index in [1.807, 2.05) is 0 Å². The van der Waals surface area contributed by atoms with Gasteiger partial charge in [-0.25, -0.2) is 4.98 Å². The minimum Gasteiger partial charge on any atom is -0.481 e. The second-order valence-corrected chi connectivity index (χ2v) is 3.57. The fourth-order valence-corrected chi connectivity index (χ4v) is 1.11. The van der Waals surface area contributed by atoms with Gasteiger partial charge in [0, 0.05) is 6.54 Å². The molecule has 0 saturated carbocycles. The van der Waals surface area contributed by atoms with E-state index in [1.165, 1.54) is 12.4 Å². The molecule has 1 rings (SSSR count). The van der Waals surface area contributed by atoms with Crippen LogP contribution in [-0.2, 0) is 4.79 Å². The highest BCUT2D eigenvalue weighted by Gasteiger charge is 2.09. The van der Waals surface area contributed by atoms with Gasteiger partial charge in [0.15, 0.2) is 0 Å². The molecule has 0 bridgehead atoms. The number of halogens is 1. The Morgan fingerprint density at radius 1 is 1.67 bits per heavy atom. The van der Waals surface area contributed by atoms with E-state index >= 15 is 0 Å². The third-order valence-corrected chi connectivity index (χ3v) is 2.09. The van der Waals surface area contributed by atoms with Crippen LogP contribution in [-0.4, -0.2) is 27.6 Å². The van der Waals surface area contributed by atoms with E-state index in [4.69, 9.17) is 16.7 Å². The Hall–Kier alpha value is -1.36. The topological polar surface area (TPSA) is 75.1 Å². The fraction of sp³-hybridized carbons (Fsp3) is 0.444. The third-order valence-electron chi connectivity index (χ3n) is 1.91. The quantitative estimate of drug-likeness (QED) is 0.803. The Kier molecular flexibility index (Phi) is 4.30. The number of carbonyl (C=O) groups is 1. The monoisotopic (exact) mass is 229 g/mol. The molecule has 2 N–H and O–H groups in total. The van der Waals surface area contributed by atoms with Crippen LogP contribution in [0.4, 0.5) is 5.82 Å². The summed E-state index contributed by atoms with van der Waals surface area (Å²) in [4.78, 5) is 18.3. The van der Waals surface area contributed by atoms with Gasteiger partial charge >= 0.3 is 5.97 Å². The minimum atomic E-state index is -0.797. The van der Waals surface area contributed by atoms with E-state index in [9.17, 15) is 4.79 Å². The van der Waals surface area contributed by atoms with Crippen molar-refractivity contribution in [1.82, 2.24) is 9.97 Å². The Morgan fingerprint density at radius 2 is 2.40 bits per heavy atom. The van der Waals surface area contributed by atoms with Crippen LogP contribution in [0.3, 0.4) is 0 Å². The maximum absolute atomic E-state index is 10.5. The van der Waals surface area contributed by atoms with Crippen molar-refractivity contribution in [1.29, 1.82) is 0 Å². The number of hydrogen-bond acceptors (Lipinski definition) is 4. The van der Waals surface area contributed by atoms with Gasteiger partial charge in [-0.15, -0.1) is 0 Å². The number of aromatic nitrogens is 2. The molecule has 0 amide bonds. The molecule has 1 atom stereocenters. The summed E-state index contributed by atoms with van der Waals surface area (Å²) in [5.74, 6) is -0.612. The zero-order valence-corrected chi connectivity index (χ0v) is 9.03. The van der Waals surface area contributed by atoms with Gasteiger partial charge in [-0.2, -0.15) is 0 Å². The normalized spacial score (nSPS) is 12.1. The summed E-state index contributed by atoms with van der Waals surface area (Å²) >= 11 is 5.63. The first kappa shape index (κ1) is 11.7. The van der Waals surface area contributed by atoms with Crippen molar-refractivity contribution in [3.05, 3.63) is 17.5 Å². The van der Waals surface area contributed by atoms with E-state index in [-0.39, 0.29) is 5.92 Å². The van der Waals surface area contributed by atoms with Crippen LogP contribution in [0, 0.1) is 5.92 Å². The first-order chi connectivity index (χ1) is 7.09. The van der Waals surface area contributed by atoms with Crippen LogP contribution >= 0.6 is 11.6 Å². The van der Waals surface area contributed by atoms with Gasteiger partial charge in [0.25, 0.3) is 0 Å². The molecule has 82 valence electrons. The van der Waals surface area contributed by atoms with Crippen LogP contribution < -0.4 is 5.32 Å². The first-order valence-corrected chi connectivity index (χ1v) is 4.91. The predicted molar refractivity (Wildman–Crippen MR) is 56.9 cm³/mol. The lowest BCUT2D eigenvalue weighted by Gasteiger charge is -2.07. The number of rotatable bonds is 5. The molecule has 0 aromatic carbocycles. The molecular weight excluding hydrogens is 218 g/mol. The van der Waals surface area contributed by atoms with Crippen molar-refractivity contribution in [3.63, 3.8) is 0 Å². The molecule has 6 heteroatoms. The number of carboxylic acids is 1. The Balaban J connectivity index is 2.35. The highest BCUT2D eigenvalue weighted by molar-refractivity contribution is 6.29. The van der Waals surface area contributed by atoms with Crippen molar-refractivity contribution in [2.45, 2.75) is 13.3 Å². The molecular formula is C9H12ClN3O2. The van der Waals surface area contributed by atoms with E-state index in [0.29, 0.717) is 23.9 Å². The van der Waals surface area contributed by atoms with Gasteiger partial charge in [-0.3, -0.25) is 9.78 Å². The zero-order chi connectivity index (χ0) is 11.3. The maximum atomic E-state index is 10.5. The van der Waals surface area contributed by atoms with Gasteiger partial charge in [0.05, 0.1) is 18.3 Å². The Labute approximate surface area is 92.5 Å². The third kappa shape index (κ3) is 4.12. The minimum absolute atomic E-state index is 0.311. The number of nitrogens with one attached hydrogen (secondary N) is 1. The van der Waals surface area contributed by atoms with E-state index in [2.05, 4.69) is 15.3 Å². The van der Waals surface area contributed by atoms with Gasteiger partial charge in [0.1, 0.15) is 11.0 Å².